The normalized spacial score (nSPS) is 29.9. The van der Waals surface area contributed by atoms with E-state index in [-0.39, 0.29) is 4.87 Å². The predicted molar refractivity (Wildman–Crippen MR) is 51.2 cm³/mol. The number of hydrogen-bond donors (Lipinski definition) is 1. The average Bonchev–Trinajstić information content (AvgIpc) is 2.35. The van der Waals surface area contributed by atoms with Crippen LogP contribution >= 0.6 is 11.8 Å². The van der Waals surface area contributed by atoms with Crippen LogP contribution in [0.25, 0.3) is 0 Å². The maximum atomic E-state index is 5.50. The van der Waals surface area contributed by atoms with Crippen molar-refractivity contribution in [2.75, 3.05) is 13.1 Å². The molecule has 0 spiro atoms. The van der Waals surface area contributed by atoms with Crippen molar-refractivity contribution in [3.05, 3.63) is 11.6 Å². The number of nitrogens with zero attached hydrogens (tertiary/aromatic N) is 1. The molecular weight excluding hydrogens is 156 g/mol. The van der Waals surface area contributed by atoms with Crippen molar-refractivity contribution in [3.63, 3.8) is 0 Å². The standard InChI is InChI=1S/C8H16N2S/c1-3-8(2)10(5-4-9)6-7-11-8/h6-7H,3-5,9H2,1-2H3. The second-order valence-corrected chi connectivity index (χ2v) is 4.30. The minimum atomic E-state index is 0.263. The van der Waals surface area contributed by atoms with E-state index < -0.39 is 0 Å². The van der Waals surface area contributed by atoms with Gasteiger partial charge in [0.25, 0.3) is 0 Å². The molecule has 0 fully saturated rings. The highest BCUT2D eigenvalue weighted by Crippen LogP contribution is 2.38. The first-order valence-electron chi connectivity index (χ1n) is 4.04. The van der Waals surface area contributed by atoms with Crippen LogP contribution in [0.15, 0.2) is 11.6 Å². The van der Waals surface area contributed by atoms with Crippen LogP contribution in [0.2, 0.25) is 0 Å². The maximum Gasteiger partial charge on any atom is 0.0865 e. The Morgan fingerprint density at radius 3 is 2.91 bits per heavy atom. The third-order valence-corrected chi connectivity index (χ3v) is 3.49. The fourth-order valence-electron chi connectivity index (χ4n) is 1.21. The number of rotatable bonds is 3. The molecule has 11 heavy (non-hydrogen) atoms. The molecule has 1 unspecified atom stereocenters. The Balaban J connectivity index is 2.55. The summed E-state index contributed by atoms with van der Waals surface area (Å²) in [6.07, 6.45) is 3.30. The molecule has 1 aliphatic heterocycles. The number of nitrogens with two attached hydrogens (primary N) is 1. The lowest BCUT2D eigenvalue weighted by atomic mass is 10.2. The second-order valence-electron chi connectivity index (χ2n) is 2.91. The zero-order valence-corrected chi connectivity index (χ0v) is 8.03. The lowest BCUT2D eigenvalue weighted by Gasteiger charge is -2.34. The van der Waals surface area contributed by atoms with E-state index in [1.54, 1.807) is 0 Å². The molecule has 0 amide bonds. The third kappa shape index (κ3) is 1.71. The molecule has 0 saturated carbocycles. The molecule has 1 atom stereocenters. The van der Waals surface area contributed by atoms with E-state index >= 15 is 0 Å². The van der Waals surface area contributed by atoms with Crippen molar-refractivity contribution < 1.29 is 0 Å². The van der Waals surface area contributed by atoms with Crippen LogP contribution in [-0.4, -0.2) is 22.9 Å². The van der Waals surface area contributed by atoms with E-state index in [0.29, 0.717) is 0 Å². The fourth-order valence-corrected chi connectivity index (χ4v) is 2.17. The summed E-state index contributed by atoms with van der Waals surface area (Å²) in [5.74, 6) is 0. The van der Waals surface area contributed by atoms with Crippen LogP contribution in [0.1, 0.15) is 20.3 Å². The molecule has 3 heteroatoms. The van der Waals surface area contributed by atoms with Gasteiger partial charge in [0.1, 0.15) is 0 Å². The van der Waals surface area contributed by atoms with E-state index in [0.717, 1.165) is 19.5 Å². The molecule has 2 N–H and O–H groups in total. The van der Waals surface area contributed by atoms with Gasteiger partial charge in [0, 0.05) is 19.3 Å². The molecule has 0 radical (unpaired) electrons. The molecule has 0 aliphatic carbocycles. The summed E-state index contributed by atoms with van der Waals surface area (Å²) in [5.41, 5.74) is 5.50. The van der Waals surface area contributed by atoms with Crippen molar-refractivity contribution in [1.29, 1.82) is 0 Å². The Morgan fingerprint density at radius 1 is 1.64 bits per heavy atom. The summed E-state index contributed by atoms with van der Waals surface area (Å²) in [5, 5.41) is 2.15. The van der Waals surface area contributed by atoms with Gasteiger partial charge in [-0.15, -0.1) is 11.8 Å². The zero-order valence-electron chi connectivity index (χ0n) is 7.21. The van der Waals surface area contributed by atoms with Crippen LogP contribution in [-0.2, 0) is 0 Å². The molecule has 1 aliphatic rings. The molecule has 0 aromatic carbocycles. The van der Waals surface area contributed by atoms with E-state index in [4.69, 9.17) is 5.73 Å². The van der Waals surface area contributed by atoms with Crippen molar-refractivity contribution in [2.45, 2.75) is 25.1 Å². The Hall–Kier alpha value is -0.150. The molecule has 1 rings (SSSR count). The lowest BCUT2D eigenvalue weighted by Crippen LogP contribution is -2.39. The van der Waals surface area contributed by atoms with Gasteiger partial charge < -0.3 is 10.6 Å². The van der Waals surface area contributed by atoms with Gasteiger partial charge in [0.15, 0.2) is 0 Å². The summed E-state index contributed by atoms with van der Waals surface area (Å²) in [7, 11) is 0. The molecule has 0 aromatic heterocycles. The SMILES string of the molecule is CCC1(C)SC=CN1CCN. The highest BCUT2D eigenvalue weighted by atomic mass is 32.2. The van der Waals surface area contributed by atoms with Crippen LogP contribution in [0.3, 0.4) is 0 Å². The predicted octanol–water partition coefficient (Wildman–Crippen LogP) is 1.59. The first kappa shape index (κ1) is 8.94. The topological polar surface area (TPSA) is 29.3 Å². The summed E-state index contributed by atoms with van der Waals surface area (Å²) >= 11 is 1.88. The molecule has 0 bridgehead atoms. The van der Waals surface area contributed by atoms with Crippen molar-refractivity contribution in [3.8, 4) is 0 Å². The minimum Gasteiger partial charge on any atom is -0.361 e. The summed E-state index contributed by atoms with van der Waals surface area (Å²) < 4.78 is 0. The Kier molecular flexibility index (Phi) is 2.84. The fraction of sp³-hybridized carbons (Fsp3) is 0.750. The van der Waals surface area contributed by atoms with E-state index in [2.05, 4.69) is 30.4 Å². The van der Waals surface area contributed by atoms with Crippen molar-refractivity contribution in [1.82, 2.24) is 4.90 Å². The molecule has 64 valence electrons. The summed E-state index contributed by atoms with van der Waals surface area (Å²) in [6.45, 7) is 6.17. The van der Waals surface area contributed by atoms with Crippen LogP contribution in [0.4, 0.5) is 0 Å². The van der Waals surface area contributed by atoms with E-state index in [9.17, 15) is 0 Å². The zero-order chi connectivity index (χ0) is 8.32. The molecule has 1 heterocycles. The molecule has 2 nitrogen and oxygen atoms in total. The highest BCUT2D eigenvalue weighted by Gasteiger charge is 2.30. The quantitative estimate of drug-likeness (QED) is 0.701. The molecule has 0 aromatic rings. The third-order valence-electron chi connectivity index (χ3n) is 2.20. The Bertz CT molecular complexity index is 158. The van der Waals surface area contributed by atoms with Gasteiger partial charge in [0.05, 0.1) is 4.87 Å². The summed E-state index contributed by atoms with van der Waals surface area (Å²) in [6, 6.07) is 0. The van der Waals surface area contributed by atoms with E-state index in [1.165, 1.54) is 0 Å². The lowest BCUT2D eigenvalue weighted by molar-refractivity contribution is 0.267. The largest absolute Gasteiger partial charge is 0.361 e. The van der Waals surface area contributed by atoms with Crippen LogP contribution in [0, 0.1) is 0 Å². The van der Waals surface area contributed by atoms with Crippen molar-refractivity contribution >= 4 is 11.8 Å². The van der Waals surface area contributed by atoms with Gasteiger partial charge in [-0.3, -0.25) is 0 Å². The summed E-state index contributed by atoms with van der Waals surface area (Å²) in [4.78, 5) is 2.58. The average molecular weight is 172 g/mol. The number of thioether (sulfide) groups is 1. The van der Waals surface area contributed by atoms with Gasteiger partial charge in [-0.2, -0.15) is 0 Å². The Morgan fingerprint density at radius 2 is 2.36 bits per heavy atom. The molecular formula is C8H16N2S. The number of hydrogen-bond acceptors (Lipinski definition) is 3. The van der Waals surface area contributed by atoms with Crippen molar-refractivity contribution in [2.24, 2.45) is 5.73 Å². The maximum absolute atomic E-state index is 5.50. The Labute approximate surface area is 72.8 Å². The van der Waals surface area contributed by atoms with Gasteiger partial charge in [-0.25, -0.2) is 0 Å². The van der Waals surface area contributed by atoms with Crippen LogP contribution in [0.5, 0.6) is 0 Å². The smallest absolute Gasteiger partial charge is 0.0865 e. The van der Waals surface area contributed by atoms with Gasteiger partial charge in [0.2, 0.25) is 0 Å². The van der Waals surface area contributed by atoms with Crippen LogP contribution < -0.4 is 5.73 Å². The van der Waals surface area contributed by atoms with Gasteiger partial charge in [-0.1, -0.05) is 6.92 Å². The molecule has 0 saturated heterocycles. The van der Waals surface area contributed by atoms with E-state index in [1.807, 2.05) is 11.8 Å². The second kappa shape index (κ2) is 3.50. The first-order chi connectivity index (χ1) is 5.23. The highest BCUT2D eigenvalue weighted by molar-refractivity contribution is 8.03. The monoisotopic (exact) mass is 172 g/mol. The first-order valence-corrected chi connectivity index (χ1v) is 4.92. The van der Waals surface area contributed by atoms with Gasteiger partial charge >= 0.3 is 0 Å². The van der Waals surface area contributed by atoms with Gasteiger partial charge in [-0.05, 0) is 18.8 Å². The minimum absolute atomic E-state index is 0.263.